The highest BCUT2D eigenvalue weighted by Crippen LogP contribution is 2.14. The van der Waals surface area contributed by atoms with E-state index in [1.54, 1.807) is 7.05 Å². The molecule has 2 heterocycles. The van der Waals surface area contributed by atoms with Crippen LogP contribution in [0.25, 0.3) is 0 Å². The van der Waals surface area contributed by atoms with Crippen LogP contribution in [-0.4, -0.2) is 38.5 Å². The highest BCUT2D eigenvalue weighted by atomic mass is 35.5. The molecule has 0 bridgehead atoms. The van der Waals surface area contributed by atoms with Crippen molar-refractivity contribution in [3.05, 3.63) is 29.3 Å². The molecular weight excluding hydrogens is 286 g/mol. The number of rotatable bonds is 4. The number of nitrogens with zero attached hydrogens (tertiary/aromatic N) is 4. The maximum atomic E-state index is 11.9. The highest BCUT2D eigenvalue weighted by Gasteiger charge is 2.18. The number of aryl methyl sites for hydroxylation is 1. The second-order valence-electron chi connectivity index (χ2n) is 3.96. The van der Waals surface area contributed by atoms with Crippen LogP contribution in [0.1, 0.15) is 10.5 Å². The second-order valence-corrected chi connectivity index (χ2v) is 4.40. The molecule has 0 radical (unpaired) electrons. The number of halogens is 1. The summed E-state index contributed by atoms with van der Waals surface area (Å²) in [6.45, 7) is -0.0256. The first-order chi connectivity index (χ1) is 9.49. The quantitative estimate of drug-likeness (QED) is 0.839. The van der Waals surface area contributed by atoms with Crippen LogP contribution in [-0.2, 0) is 23.1 Å². The minimum Gasteiger partial charge on any atom is -0.464 e. The van der Waals surface area contributed by atoms with Crippen molar-refractivity contribution in [2.45, 2.75) is 6.54 Å². The molecule has 2 aromatic heterocycles. The topological polar surface area (TPSA) is 91.0 Å². The van der Waals surface area contributed by atoms with Gasteiger partial charge in [-0.3, -0.25) is 14.2 Å². The number of aromatic nitrogens is 4. The molecule has 0 fully saturated rings. The molecule has 0 unspecified atom stereocenters. The number of anilines is 1. The van der Waals surface area contributed by atoms with E-state index in [9.17, 15) is 9.59 Å². The molecule has 0 aromatic carbocycles. The number of amides is 1. The molecule has 0 aliphatic heterocycles. The predicted octanol–water partition coefficient (Wildman–Crippen LogP) is 0.695. The Bertz CT molecular complexity index is 648. The average Bonchev–Trinajstić information content (AvgIpc) is 2.94. The third-order valence-corrected chi connectivity index (χ3v) is 2.58. The Hall–Kier alpha value is -2.35. The van der Waals surface area contributed by atoms with Crippen LogP contribution < -0.4 is 5.32 Å². The number of ether oxygens (including phenoxy) is 1. The van der Waals surface area contributed by atoms with Gasteiger partial charge in [0, 0.05) is 19.4 Å². The van der Waals surface area contributed by atoms with Crippen molar-refractivity contribution in [1.82, 2.24) is 19.6 Å². The zero-order valence-electron chi connectivity index (χ0n) is 10.8. The summed E-state index contributed by atoms with van der Waals surface area (Å²) in [6.07, 6.45) is 4.46. The smallest absolute Gasteiger partial charge is 0.360 e. The van der Waals surface area contributed by atoms with Gasteiger partial charge in [0.15, 0.2) is 5.69 Å². The van der Waals surface area contributed by atoms with Gasteiger partial charge >= 0.3 is 5.97 Å². The number of carbonyl (C=O) groups excluding carboxylic acids is 2. The van der Waals surface area contributed by atoms with Gasteiger partial charge in [0.1, 0.15) is 6.54 Å². The van der Waals surface area contributed by atoms with Gasteiger partial charge in [-0.05, 0) is 0 Å². The maximum Gasteiger partial charge on any atom is 0.360 e. The fraction of sp³-hybridized carbons (Fsp3) is 0.273. The molecule has 0 saturated heterocycles. The summed E-state index contributed by atoms with van der Waals surface area (Å²) in [5, 5.41) is 10.8. The van der Waals surface area contributed by atoms with E-state index >= 15 is 0 Å². The number of carbonyl (C=O) groups is 2. The van der Waals surface area contributed by atoms with Gasteiger partial charge in [-0.15, -0.1) is 0 Å². The summed E-state index contributed by atoms with van der Waals surface area (Å²) in [7, 11) is 2.88. The van der Waals surface area contributed by atoms with Gasteiger partial charge in [-0.2, -0.15) is 10.2 Å². The molecular formula is C11H12ClN5O3. The first-order valence-electron chi connectivity index (χ1n) is 5.59. The fourth-order valence-corrected chi connectivity index (χ4v) is 1.75. The molecule has 8 nitrogen and oxygen atoms in total. The maximum absolute atomic E-state index is 11.9. The minimum atomic E-state index is -0.622. The van der Waals surface area contributed by atoms with Crippen LogP contribution in [0.5, 0.6) is 0 Å². The molecule has 1 N–H and O–H groups in total. The zero-order chi connectivity index (χ0) is 14.7. The Kier molecular flexibility index (Phi) is 4.04. The van der Waals surface area contributed by atoms with Crippen molar-refractivity contribution in [3.63, 3.8) is 0 Å². The lowest BCUT2D eigenvalue weighted by Crippen LogP contribution is -2.20. The van der Waals surface area contributed by atoms with Crippen LogP contribution in [0.4, 0.5) is 5.69 Å². The summed E-state index contributed by atoms with van der Waals surface area (Å²) < 4.78 is 7.38. The van der Waals surface area contributed by atoms with E-state index in [1.165, 1.54) is 35.1 Å². The molecule has 2 aromatic rings. The van der Waals surface area contributed by atoms with E-state index in [2.05, 4.69) is 20.3 Å². The molecule has 0 saturated carbocycles. The lowest BCUT2D eigenvalue weighted by Gasteiger charge is -2.04. The van der Waals surface area contributed by atoms with Gasteiger partial charge < -0.3 is 10.1 Å². The standard InChI is InChI=1S/C11H12ClN5O3/c1-16-5-8(10(15-16)11(19)20-2)14-9(18)6-17-4-7(12)3-13-17/h3-5H,6H2,1-2H3,(H,14,18). The minimum absolute atomic E-state index is 0.0256. The van der Waals surface area contributed by atoms with E-state index in [0.717, 1.165) is 0 Å². The summed E-state index contributed by atoms with van der Waals surface area (Å²) in [6, 6.07) is 0. The SMILES string of the molecule is COC(=O)c1nn(C)cc1NC(=O)Cn1cc(Cl)cn1. The van der Waals surface area contributed by atoms with Gasteiger partial charge in [-0.1, -0.05) is 11.6 Å². The van der Waals surface area contributed by atoms with Crippen LogP contribution in [0, 0.1) is 0 Å². The van der Waals surface area contributed by atoms with Crippen molar-refractivity contribution in [2.24, 2.45) is 7.05 Å². The average molecular weight is 298 g/mol. The number of hydrogen-bond donors (Lipinski definition) is 1. The number of hydrogen-bond acceptors (Lipinski definition) is 5. The number of nitrogens with one attached hydrogen (secondary N) is 1. The van der Waals surface area contributed by atoms with Crippen LogP contribution in [0.3, 0.4) is 0 Å². The number of esters is 1. The fourth-order valence-electron chi connectivity index (χ4n) is 1.59. The van der Waals surface area contributed by atoms with Gasteiger partial charge in [0.05, 0.1) is 24.0 Å². The normalized spacial score (nSPS) is 10.3. The van der Waals surface area contributed by atoms with Gasteiger partial charge in [-0.25, -0.2) is 4.79 Å². The van der Waals surface area contributed by atoms with Crippen LogP contribution in [0.15, 0.2) is 18.6 Å². The zero-order valence-corrected chi connectivity index (χ0v) is 11.6. The van der Waals surface area contributed by atoms with Crippen molar-refractivity contribution in [1.29, 1.82) is 0 Å². The largest absolute Gasteiger partial charge is 0.464 e. The third kappa shape index (κ3) is 3.15. The van der Waals surface area contributed by atoms with Crippen molar-refractivity contribution < 1.29 is 14.3 Å². The molecule has 106 valence electrons. The highest BCUT2D eigenvalue weighted by molar-refractivity contribution is 6.30. The monoisotopic (exact) mass is 297 g/mol. The first kappa shape index (κ1) is 14.1. The summed E-state index contributed by atoms with van der Waals surface area (Å²) in [4.78, 5) is 23.4. The molecule has 0 aliphatic rings. The molecule has 20 heavy (non-hydrogen) atoms. The molecule has 0 spiro atoms. The van der Waals surface area contributed by atoms with Gasteiger partial charge in [0.25, 0.3) is 0 Å². The molecule has 0 atom stereocenters. The summed E-state index contributed by atoms with van der Waals surface area (Å²) in [5.74, 6) is -0.981. The van der Waals surface area contributed by atoms with Crippen LogP contribution >= 0.6 is 11.6 Å². The Morgan fingerprint density at radius 1 is 1.45 bits per heavy atom. The Morgan fingerprint density at radius 3 is 2.80 bits per heavy atom. The predicted molar refractivity (Wildman–Crippen MR) is 70.4 cm³/mol. The Morgan fingerprint density at radius 2 is 2.20 bits per heavy atom. The van der Waals surface area contributed by atoms with Crippen molar-refractivity contribution >= 4 is 29.2 Å². The van der Waals surface area contributed by atoms with E-state index in [4.69, 9.17) is 11.6 Å². The summed E-state index contributed by atoms with van der Waals surface area (Å²) in [5.41, 5.74) is 0.324. The van der Waals surface area contributed by atoms with Gasteiger partial charge in [0.2, 0.25) is 5.91 Å². The Labute approximate surface area is 119 Å². The third-order valence-electron chi connectivity index (χ3n) is 2.39. The summed E-state index contributed by atoms with van der Waals surface area (Å²) >= 11 is 5.70. The Balaban J connectivity index is 2.09. The number of methoxy groups -OCH3 is 1. The molecule has 0 aliphatic carbocycles. The molecule has 9 heteroatoms. The van der Waals surface area contributed by atoms with E-state index < -0.39 is 5.97 Å². The van der Waals surface area contributed by atoms with Crippen molar-refractivity contribution in [3.8, 4) is 0 Å². The van der Waals surface area contributed by atoms with E-state index in [0.29, 0.717) is 5.02 Å². The van der Waals surface area contributed by atoms with Crippen LogP contribution in [0.2, 0.25) is 5.02 Å². The lowest BCUT2D eigenvalue weighted by molar-refractivity contribution is -0.116. The van der Waals surface area contributed by atoms with E-state index in [-0.39, 0.29) is 23.8 Å². The second kappa shape index (κ2) is 5.74. The van der Waals surface area contributed by atoms with Crippen molar-refractivity contribution in [2.75, 3.05) is 12.4 Å². The first-order valence-corrected chi connectivity index (χ1v) is 5.97. The lowest BCUT2D eigenvalue weighted by atomic mass is 10.3. The van der Waals surface area contributed by atoms with E-state index in [1.807, 2.05) is 0 Å². The molecule has 2 rings (SSSR count). The molecule has 1 amide bonds.